The number of piperidine rings is 1. The Labute approximate surface area is 117 Å². The Kier molecular flexibility index (Phi) is 3.60. The van der Waals surface area contributed by atoms with E-state index in [9.17, 15) is 10.1 Å². The SMILES string of the molecule is O=[N+]([O-])c1ccc2nc(CN3CCCCC3)ccc2c1. The van der Waals surface area contributed by atoms with Crippen molar-refractivity contribution in [1.29, 1.82) is 0 Å². The van der Waals surface area contributed by atoms with Crippen molar-refractivity contribution in [1.82, 2.24) is 9.88 Å². The Morgan fingerprint density at radius 3 is 2.70 bits per heavy atom. The number of rotatable bonds is 3. The largest absolute Gasteiger partial charge is 0.298 e. The smallest absolute Gasteiger partial charge is 0.270 e. The first-order valence-corrected chi connectivity index (χ1v) is 6.99. The molecule has 0 amide bonds. The Morgan fingerprint density at radius 2 is 1.95 bits per heavy atom. The molecule has 104 valence electrons. The highest BCUT2D eigenvalue weighted by molar-refractivity contribution is 5.81. The average molecular weight is 271 g/mol. The predicted molar refractivity (Wildman–Crippen MR) is 77.5 cm³/mol. The minimum Gasteiger partial charge on any atom is -0.298 e. The lowest BCUT2D eigenvalue weighted by atomic mass is 10.1. The molecule has 3 rings (SSSR count). The van der Waals surface area contributed by atoms with E-state index < -0.39 is 0 Å². The third-order valence-corrected chi connectivity index (χ3v) is 3.78. The highest BCUT2D eigenvalue weighted by Gasteiger charge is 2.12. The van der Waals surface area contributed by atoms with Crippen molar-refractivity contribution >= 4 is 16.6 Å². The van der Waals surface area contributed by atoms with Crippen molar-refractivity contribution in [2.75, 3.05) is 13.1 Å². The minimum absolute atomic E-state index is 0.114. The van der Waals surface area contributed by atoms with Gasteiger partial charge in [-0.1, -0.05) is 12.5 Å². The van der Waals surface area contributed by atoms with Crippen LogP contribution in [0.15, 0.2) is 30.3 Å². The van der Waals surface area contributed by atoms with Crippen LogP contribution in [0.2, 0.25) is 0 Å². The van der Waals surface area contributed by atoms with Crippen molar-refractivity contribution in [2.45, 2.75) is 25.8 Å². The zero-order valence-electron chi connectivity index (χ0n) is 11.3. The Hall–Kier alpha value is -2.01. The number of aromatic nitrogens is 1. The van der Waals surface area contributed by atoms with Gasteiger partial charge in [-0.2, -0.15) is 0 Å². The molecule has 0 bridgehead atoms. The van der Waals surface area contributed by atoms with Crippen LogP contribution in [0.5, 0.6) is 0 Å². The topological polar surface area (TPSA) is 59.3 Å². The monoisotopic (exact) mass is 271 g/mol. The molecule has 1 aliphatic heterocycles. The predicted octanol–water partition coefficient (Wildman–Crippen LogP) is 3.13. The Bertz CT molecular complexity index is 636. The lowest BCUT2D eigenvalue weighted by molar-refractivity contribution is -0.384. The second-order valence-electron chi connectivity index (χ2n) is 5.27. The maximum absolute atomic E-state index is 10.8. The first kappa shape index (κ1) is 13.0. The van der Waals surface area contributed by atoms with Crippen LogP contribution in [0, 0.1) is 10.1 Å². The standard InChI is InChI=1S/C15H17N3O2/c19-18(20)14-6-7-15-12(10-14)4-5-13(16-15)11-17-8-2-1-3-9-17/h4-7,10H,1-3,8-9,11H2. The van der Waals surface area contributed by atoms with Gasteiger partial charge in [0.15, 0.2) is 0 Å². The molecule has 2 aromatic rings. The van der Waals surface area contributed by atoms with Gasteiger partial charge in [-0.3, -0.25) is 20.0 Å². The van der Waals surface area contributed by atoms with E-state index in [1.807, 2.05) is 12.1 Å². The second kappa shape index (κ2) is 5.54. The molecule has 20 heavy (non-hydrogen) atoms. The third-order valence-electron chi connectivity index (χ3n) is 3.78. The molecule has 5 heteroatoms. The van der Waals surface area contributed by atoms with Crippen molar-refractivity contribution in [3.8, 4) is 0 Å². The lowest BCUT2D eigenvalue weighted by Gasteiger charge is -2.25. The van der Waals surface area contributed by atoms with Gasteiger partial charge in [-0.25, -0.2) is 0 Å². The summed E-state index contributed by atoms with van der Waals surface area (Å²) in [7, 11) is 0. The van der Waals surface area contributed by atoms with Gasteiger partial charge < -0.3 is 0 Å². The van der Waals surface area contributed by atoms with E-state index in [0.29, 0.717) is 0 Å². The van der Waals surface area contributed by atoms with Gasteiger partial charge in [0.05, 0.1) is 16.1 Å². The number of hydrogen-bond donors (Lipinski definition) is 0. The number of nitrogens with zero attached hydrogens (tertiary/aromatic N) is 3. The van der Waals surface area contributed by atoms with Crippen LogP contribution in [0.3, 0.4) is 0 Å². The molecule has 0 aliphatic carbocycles. The molecule has 1 aliphatic rings. The number of pyridine rings is 1. The maximum atomic E-state index is 10.8. The van der Waals surface area contributed by atoms with Gasteiger partial charge in [-0.05, 0) is 38.1 Å². The molecule has 0 spiro atoms. The van der Waals surface area contributed by atoms with Crippen LogP contribution in [-0.4, -0.2) is 27.9 Å². The van der Waals surface area contributed by atoms with E-state index in [-0.39, 0.29) is 10.6 Å². The lowest BCUT2D eigenvalue weighted by Crippen LogP contribution is -2.29. The van der Waals surface area contributed by atoms with E-state index in [4.69, 9.17) is 0 Å². The molecule has 2 heterocycles. The van der Waals surface area contributed by atoms with Crippen LogP contribution >= 0.6 is 0 Å². The minimum atomic E-state index is -0.374. The van der Waals surface area contributed by atoms with E-state index in [1.165, 1.54) is 25.3 Å². The molecule has 0 N–H and O–H groups in total. The Morgan fingerprint density at radius 1 is 1.15 bits per heavy atom. The summed E-state index contributed by atoms with van der Waals surface area (Å²) >= 11 is 0. The highest BCUT2D eigenvalue weighted by Crippen LogP contribution is 2.20. The van der Waals surface area contributed by atoms with Crippen LogP contribution in [0.25, 0.3) is 10.9 Å². The molecule has 1 fully saturated rings. The van der Waals surface area contributed by atoms with E-state index in [2.05, 4.69) is 9.88 Å². The summed E-state index contributed by atoms with van der Waals surface area (Å²) in [5, 5.41) is 11.6. The van der Waals surface area contributed by atoms with Crippen molar-refractivity contribution in [3.63, 3.8) is 0 Å². The fourth-order valence-electron chi connectivity index (χ4n) is 2.70. The fourth-order valence-corrected chi connectivity index (χ4v) is 2.70. The van der Waals surface area contributed by atoms with Crippen molar-refractivity contribution in [2.24, 2.45) is 0 Å². The van der Waals surface area contributed by atoms with Crippen LogP contribution < -0.4 is 0 Å². The summed E-state index contributed by atoms with van der Waals surface area (Å²) in [4.78, 5) is 17.4. The zero-order valence-corrected chi connectivity index (χ0v) is 11.3. The number of hydrogen-bond acceptors (Lipinski definition) is 4. The normalized spacial score (nSPS) is 16.4. The zero-order chi connectivity index (χ0) is 13.9. The van der Waals surface area contributed by atoms with Crippen LogP contribution in [0.4, 0.5) is 5.69 Å². The maximum Gasteiger partial charge on any atom is 0.270 e. The first-order valence-electron chi connectivity index (χ1n) is 6.99. The summed E-state index contributed by atoms with van der Waals surface area (Å²) < 4.78 is 0. The molecular formula is C15H17N3O2. The summed E-state index contributed by atoms with van der Waals surface area (Å²) in [6.07, 6.45) is 3.85. The van der Waals surface area contributed by atoms with E-state index >= 15 is 0 Å². The fraction of sp³-hybridized carbons (Fsp3) is 0.400. The number of likely N-dealkylation sites (tertiary alicyclic amines) is 1. The Balaban J connectivity index is 1.83. The molecule has 0 saturated carbocycles. The third kappa shape index (κ3) is 2.77. The molecular weight excluding hydrogens is 254 g/mol. The van der Waals surface area contributed by atoms with Crippen molar-refractivity contribution in [3.05, 3.63) is 46.1 Å². The number of nitro groups is 1. The molecule has 1 saturated heterocycles. The highest BCUT2D eigenvalue weighted by atomic mass is 16.6. The molecule has 1 aromatic heterocycles. The van der Waals surface area contributed by atoms with Gasteiger partial charge in [-0.15, -0.1) is 0 Å². The molecule has 0 unspecified atom stereocenters. The first-order chi connectivity index (χ1) is 9.72. The van der Waals surface area contributed by atoms with Gasteiger partial charge in [0.1, 0.15) is 0 Å². The number of nitro benzene ring substituents is 1. The van der Waals surface area contributed by atoms with Gasteiger partial charge in [0, 0.05) is 24.1 Å². The summed E-state index contributed by atoms with van der Waals surface area (Å²) in [6.45, 7) is 3.15. The van der Waals surface area contributed by atoms with Gasteiger partial charge in [0.25, 0.3) is 5.69 Å². The van der Waals surface area contributed by atoms with E-state index in [0.717, 1.165) is 36.2 Å². The van der Waals surface area contributed by atoms with Gasteiger partial charge in [0.2, 0.25) is 0 Å². The van der Waals surface area contributed by atoms with E-state index in [1.54, 1.807) is 12.1 Å². The number of fused-ring (bicyclic) bond motifs is 1. The molecule has 0 atom stereocenters. The van der Waals surface area contributed by atoms with Crippen LogP contribution in [0.1, 0.15) is 25.0 Å². The van der Waals surface area contributed by atoms with Crippen molar-refractivity contribution < 1.29 is 4.92 Å². The summed E-state index contributed by atoms with van der Waals surface area (Å²) in [5.74, 6) is 0. The second-order valence-corrected chi connectivity index (χ2v) is 5.27. The summed E-state index contributed by atoms with van der Waals surface area (Å²) in [6, 6.07) is 8.72. The average Bonchev–Trinajstić information content (AvgIpc) is 2.47. The van der Waals surface area contributed by atoms with Crippen LogP contribution in [-0.2, 0) is 6.54 Å². The molecule has 5 nitrogen and oxygen atoms in total. The summed E-state index contributed by atoms with van der Waals surface area (Å²) in [5.41, 5.74) is 1.97. The number of non-ortho nitro benzene ring substituents is 1. The molecule has 0 radical (unpaired) electrons. The molecule has 1 aromatic carbocycles. The van der Waals surface area contributed by atoms with Gasteiger partial charge >= 0.3 is 0 Å². The number of benzene rings is 1. The quantitative estimate of drug-likeness (QED) is 0.635.